The van der Waals surface area contributed by atoms with Crippen molar-refractivity contribution >= 4 is 33.3 Å². The molecule has 3 rings (SSSR count). The summed E-state index contributed by atoms with van der Waals surface area (Å²) in [6, 6.07) is 13.8. The fraction of sp³-hybridized carbons (Fsp3) is 0.345. The highest BCUT2D eigenvalue weighted by Gasteiger charge is 2.34. The lowest BCUT2D eigenvalue weighted by Crippen LogP contribution is -2.44. The zero-order valence-corrected chi connectivity index (χ0v) is 24.6. The molecule has 0 bridgehead atoms. The predicted octanol–water partition coefficient (Wildman–Crippen LogP) is 6.74. The molecule has 3 aromatic rings. The number of urea groups is 1. The number of carbonyl (C=O) groups excluding carboxylic acids is 1. The molecular weight excluding hydrogens is 560 g/mol. The third kappa shape index (κ3) is 7.03. The molecule has 0 aromatic heterocycles. The molecule has 0 aliphatic carbocycles. The van der Waals surface area contributed by atoms with Crippen molar-refractivity contribution < 1.29 is 26.7 Å². The highest BCUT2D eigenvalue weighted by atomic mass is 35.5. The zero-order chi connectivity index (χ0) is 29.4. The Morgan fingerprint density at radius 2 is 1.55 bits per heavy atom. The van der Waals surface area contributed by atoms with Gasteiger partial charge < -0.3 is 14.5 Å². The van der Waals surface area contributed by atoms with Gasteiger partial charge in [0.15, 0.2) is 0 Å². The number of para-hydroxylation sites is 1. The van der Waals surface area contributed by atoms with Gasteiger partial charge in [-0.05, 0) is 70.2 Å². The first-order valence-corrected chi connectivity index (χ1v) is 14.9. The second kappa shape index (κ2) is 13.8. The van der Waals surface area contributed by atoms with Crippen molar-refractivity contribution in [1.29, 1.82) is 0 Å². The topological polar surface area (TPSA) is 70.2 Å². The van der Waals surface area contributed by atoms with Crippen LogP contribution in [0.3, 0.4) is 0 Å². The van der Waals surface area contributed by atoms with Crippen LogP contribution in [0.1, 0.15) is 39.3 Å². The van der Waals surface area contributed by atoms with Crippen molar-refractivity contribution in [1.82, 2.24) is 9.80 Å². The van der Waals surface area contributed by atoms with E-state index in [0.717, 1.165) is 22.5 Å². The van der Waals surface area contributed by atoms with Crippen molar-refractivity contribution in [2.24, 2.45) is 0 Å². The summed E-state index contributed by atoms with van der Waals surface area (Å²) in [6.07, 6.45) is 0. The van der Waals surface area contributed by atoms with Gasteiger partial charge in [-0.2, -0.15) is 0 Å². The van der Waals surface area contributed by atoms with E-state index in [9.17, 15) is 17.6 Å². The Hall–Kier alpha value is -3.37. The van der Waals surface area contributed by atoms with Crippen LogP contribution < -0.4 is 9.04 Å². The Morgan fingerprint density at radius 1 is 0.925 bits per heavy atom. The molecule has 0 radical (unpaired) electrons. The Balaban J connectivity index is 1.98. The third-order valence-electron chi connectivity index (χ3n) is 6.54. The number of nitrogens with zero attached hydrogens (tertiary/aromatic N) is 3. The number of sulfonamides is 1. The van der Waals surface area contributed by atoms with Crippen molar-refractivity contribution in [2.45, 2.75) is 38.6 Å². The number of hydrogen-bond donors (Lipinski definition) is 0. The van der Waals surface area contributed by atoms with Crippen LogP contribution in [0.25, 0.3) is 0 Å². The minimum atomic E-state index is -4.38. The third-order valence-corrected chi connectivity index (χ3v) is 8.69. The van der Waals surface area contributed by atoms with Crippen LogP contribution in [0.2, 0.25) is 5.02 Å². The molecule has 0 aliphatic heterocycles. The first-order valence-electron chi connectivity index (χ1n) is 13.1. The highest BCUT2D eigenvalue weighted by molar-refractivity contribution is 7.92. The lowest BCUT2D eigenvalue weighted by atomic mass is 10.1. The van der Waals surface area contributed by atoms with Crippen molar-refractivity contribution in [2.75, 3.05) is 37.1 Å². The SMILES string of the molecule is CCN(CC)C(=O)N(CC)CCOc1ccccc1C(C)N(c1cc(F)ccc1F)S(=O)(=O)c1ccc(Cl)cc1. The molecule has 0 aliphatic rings. The van der Waals surface area contributed by atoms with Gasteiger partial charge in [0.05, 0.1) is 23.2 Å². The van der Waals surface area contributed by atoms with Crippen molar-refractivity contribution in [3.05, 3.63) is 89.0 Å². The summed E-state index contributed by atoms with van der Waals surface area (Å²) in [7, 11) is -4.38. The van der Waals surface area contributed by atoms with Crippen LogP contribution in [0.4, 0.5) is 19.3 Å². The van der Waals surface area contributed by atoms with Gasteiger partial charge in [0.1, 0.15) is 24.0 Å². The number of anilines is 1. The molecule has 3 aromatic carbocycles. The standard InChI is InChI=1S/C29H34ClF2N3O4S/c1-5-33(6-2)29(36)34(7-3)18-19-39-28-11-9-8-10-25(28)21(4)35(27-20-23(31)14-17-26(27)32)40(37,38)24-15-12-22(30)13-16-24/h8-17,20-21H,5-7,18-19H2,1-4H3. The number of benzene rings is 3. The molecule has 0 spiro atoms. The average Bonchev–Trinajstić information content (AvgIpc) is 2.94. The van der Waals surface area contributed by atoms with Crippen LogP contribution in [0, 0.1) is 11.6 Å². The second-order valence-corrected chi connectivity index (χ2v) is 11.2. The first kappa shape index (κ1) is 31.2. The number of amides is 2. The fourth-order valence-corrected chi connectivity index (χ4v) is 6.12. The van der Waals surface area contributed by atoms with Crippen LogP contribution in [0.5, 0.6) is 5.75 Å². The number of carbonyl (C=O) groups is 1. The molecule has 0 heterocycles. The lowest BCUT2D eigenvalue weighted by Gasteiger charge is -2.32. The summed E-state index contributed by atoms with van der Waals surface area (Å²) >= 11 is 5.96. The maximum absolute atomic E-state index is 15.1. The number of hydrogen-bond acceptors (Lipinski definition) is 4. The van der Waals surface area contributed by atoms with Crippen LogP contribution in [0.15, 0.2) is 71.6 Å². The van der Waals surface area contributed by atoms with Crippen LogP contribution in [-0.4, -0.2) is 57.0 Å². The molecule has 11 heteroatoms. The summed E-state index contributed by atoms with van der Waals surface area (Å²) in [5.41, 5.74) is -0.0129. The Bertz CT molecular complexity index is 1400. The lowest BCUT2D eigenvalue weighted by molar-refractivity contribution is 0.149. The van der Waals surface area contributed by atoms with E-state index in [2.05, 4.69) is 0 Å². The maximum atomic E-state index is 15.1. The van der Waals surface area contributed by atoms with Crippen LogP contribution in [-0.2, 0) is 10.0 Å². The molecule has 40 heavy (non-hydrogen) atoms. The van der Waals surface area contributed by atoms with Crippen LogP contribution >= 0.6 is 11.6 Å². The number of likely N-dealkylation sites (N-methyl/N-ethyl adjacent to an activating group) is 1. The normalized spacial score (nSPS) is 12.1. The molecule has 7 nitrogen and oxygen atoms in total. The largest absolute Gasteiger partial charge is 0.491 e. The van der Waals surface area contributed by atoms with Gasteiger partial charge in [-0.3, -0.25) is 4.31 Å². The Labute approximate surface area is 240 Å². The molecule has 0 fully saturated rings. The van der Waals surface area contributed by atoms with E-state index in [-0.39, 0.29) is 17.5 Å². The van der Waals surface area contributed by atoms with E-state index >= 15 is 4.39 Å². The number of ether oxygens (including phenoxy) is 1. The molecule has 2 amide bonds. The van der Waals surface area contributed by atoms with E-state index < -0.39 is 33.4 Å². The monoisotopic (exact) mass is 593 g/mol. The zero-order valence-electron chi connectivity index (χ0n) is 23.0. The number of rotatable bonds is 12. The molecule has 0 saturated heterocycles. The summed E-state index contributed by atoms with van der Waals surface area (Å²) in [6.45, 7) is 9.38. The van der Waals surface area contributed by atoms with Gasteiger partial charge in [0.2, 0.25) is 0 Å². The van der Waals surface area contributed by atoms with Gasteiger partial charge in [-0.15, -0.1) is 0 Å². The summed E-state index contributed by atoms with van der Waals surface area (Å²) in [5.74, 6) is -1.34. The van der Waals surface area contributed by atoms with Crippen molar-refractivity contribution in [3.63, 3.8) is 0 Å². The summed E-state index contributed by atoms with van der Waals surface area (Å²) in [5, 5.41) is 0.329. The van der Waals surface area contributed by atoms with Gasteiger partial charge in [-0.25, -0.2) is 22.0 Å². The highest BCUT2D eigenvalue weighted by Crippen LogP contribution is 2.38. The van der Waals surface area contributed by atoms with E-state index in [1.165, 1.54) is 24.3 Å². The molecule has 1 unspecified atom stereocenters. The summed E-state index contributed by atoms with van der Waals surface area (Å²) < 4.78 is 64.0. The van der Waals surface area contributed by atoms with E-state index in [4.69, 9.17) is 16.3 Å². The molecule has 1 atom stereocenters. The minimum absolute atomic E-state index is 0.0976. The van der Waals surface area contributed by atoms with E-state index in [0.29, 0.717) is 42.5 Å². The van der Waals surface area contributed by atoms with Gasteiger partial charge in [0.25, 0.3) is 10.0 Å². The van der Waals surface area contributed by atoms with Crippen molar-refractivity contribution in [3.8, 4) is 5.75 Å². The first-order chi connectivity index (χ1) is 19.0. The molecule has 216 valence electrons. The van der Waals surface area contributed by atoms with E-state index in [1.807, 2.05) is 20.8 Å². The second-order valence-electron chi connectivity index (χ2n) is 8.95. The Morgan fingerprint density at radius 3 is 2.17 bits per heavy atom. The molecule has 0 saturated carbocycles. The minimum Gasteiger partial charge on any atom is -0.491 e. The van der Waals surface area contributed by atoms with Gasteiger partial charge in [-0.1, -0.05) is 29.8 Å². The Kier molecular flexibility index (Phi) is 10.8. The van der Waals surface area contributed by atoms with E-state index in [1.54, 1.807) is 41.0 Å². The molecular formula is C29H34ClF2N3O4S. The summed E-state index contributed by atoms with van der Waals surface area (Å²) in [4.78, 5) is 16.0. The maximum Gasteiger partial charge on any atom is 0.320 e. The average molecular weight is 594 g/mol. The fourth-order valence-electron chi connectivity index (χ4n) is 4.35. The molecule has 0 N–H and O–H groups in total. The number of halogens is 3. The van der Waals surface area contributed by atoms with Gasteiger partial charge >= 0.3 is 6.03 Å². The van der Waals surface area contributed by atoms with Gasteiger partial charge in [0, 0.05) is 36.3 Å². The smallest absolute Gasteiger partial charge is 0.320 e. The quantitative estimate of drug-likeness (QED) is 0.233. The predicted molar refractivity (Wildman–Crippen MR) is 153 cm³/mol.